The number of hydrogen-bond acceptors (Lipinski definition) is 5. The van der Waals surface area contributed by atoms with Crippen molar-refractivity contribution in [3.63, 3.8) is 0 Å². The summed E-state index contributed by atoms with van der Waals surface area (Å²) >= 11 is 0. The molecule has 0 bridgehead atoms. The molecule has 1 aromatic rings. The fraction of sp³-hybridized carbons (Fsp3) is 0.538. The van der Waals surface area contributed by atoms with Gasteiger partial charge in [-0.25, -0.2) is 8.42 Å². The van der Waals surface area contributed by atoms with Crippen molar-refractivity contribution in [2.45, 2.75) is 31.6 Å². The molecule has 1 N–H and O–H groups in total. The number of nitrogens with zero attached hydrogens (tertiary/aromatic N) is 2. The topological polar surface area (TPSA) is 92.6 Å². The normalized spacial score (nSPS) is 11.6. The van der Waals surface area contributed by atoms with Crippen LogP contribution >= 0.6 is 0 Å². The second-order valence-electron chi connectivity index (χ2n) is 4.59. The summed E-state index contributed by atoms with van der Waals surface area (Å²) in [6.45, 7) is 4.43. The predicted molar refractivity (Wildman–Crippen MR) is 82.0 cm³/mol. The lowest BCUT2D eigenvalue weighted by Crippen LogP contribution is -2.33. The number of nitro groups is 1. The van der Waals surface area contributed by atoms with Gasteiger partial charge in [-0.2, -0.15) is 4.31 Å². The summed E-state index contributed by atoms with van der Waals surface area (Å²) in [5, 5.41) is 13.9. The third kappa shape index (κ3) is 3.92. The average Bonchev–Trinajstić information content (AvgIpc) is 2.46. The summed E-state index contributed by atoms with van der Waals surface area (Å²) in [5.74, 6) is 0. The summed E-state index contributed by atoms with van der Waals surface area (Å²) in [5.41, 5.74) is 0.123. The van der Waals surface area contributed by atoms with Crippen molar-refractivity contribution in [1.82, 2.24) is 4.31 Å². The van der Waals surface area contributed by atoms with Crippen LogP contribution in [0.4, 0.5) is 11.4 Å². The molecule has 21 heavy (non-hydrogen) atoms. The highest BCUT2D eigenvalue weighted by atomic mass is 32.2. The lowest BCUT2D eigenvalue weighted by Gasteiger charge is -2.21. The van der Waals surface area contributed by atoms with Crippen LogP contribution in [0.5, 0.6) is 0 Å². The van der Waals surface area contributed by atoms with Gasteiger partial charge in [-0.05, 0) is 25.0 Å². The zero-order valence-electron chi connectivity index (χ0n) is 12.5. The van der Waals surface area contributed by atoms with E-state index in [-0.39, 0.29) is 4.90 Å². The summed E-state index contributed by atoms with van der Waals surface area (Å²) in [7, 11) is -2.25. The highest BCUT2D eigenvalue weighted by Gasteiger charge is 2.31. The summed E-state index contributed by atoms with van der Waals surface area (Å²) in [4.78, 5) is 10.2. The molecule has 0 atom stereocenters. The van der Waals surface area contributed by atoms with E-state index in [4.69, 9.17) is 0 Å². The second-order valence-corrected chi connectivity index (χ2v) is 6.50. The van der Waals surface area contributed by atoms with Crippen LogP contribution in [0.3, 0.4) is 0 Å². The summed E-state index contributed by atoms with van der Waals surface area (Å²) in [6, 6.07) is 4.02. The molecule has 7 nitrogen and oxygen atoms in total. The van der Waals surface area contributed by atoms with Gasteiger partial charge >= 0.3 is 0 Å². The summed E-state index contributed by atoms with van der Waals surface area (Å²) < 4.78 is 26.7. The molecule has 0 unspecified atom stereocenters. The van der Waals surface area contributed by atoms with Crippen molar-refractivity contribution >= 4 is 21.4 Å². The predicted octanol–water partition coefficient (Wildman–Crippen LogP) is 2.45. The van der Waals surface area contributed by atoms with Crippen molar-refractivity contribution in [2.75, 3.05) is 25.5 Å². The molecule has 0 aromatic heterocycles. The molecule has 1 rings (SSSR count). The van der Waals surface area contributed by atoms with E-state index in [1.807, 2.05) is 13.8 Å². The van der Waals surface area contributed by atoms with E-state index >= 15 is 0 Å². The standard InChI is InChI=1S/C13H21N3O4S/c1-4-8-15(9-5-2)21(19,20)13-10-11(14-3)6-7-12(13)16(17)18/h6-7,10,14H,4-5,8-9H2,1-3H3. The van der Waals surface area contributed by atoms with Crippen LogP contribution in [-0.4, -0.2) is 37.8 Å². The Morgan fingerprint density at radius 3 is 2.24 bits per heavy atom. The fourth-order valence-corrected chi connectivity index (χ4v) is 3.82. The molecule has 0 spiro atoms. The van der Waals surface area contributed by atoms with E-state index < -0.39 is 20.6 Å². The van der Waals surface area contributed by atoms with Gasteiger partial charge in [-0.1, -0.05) is 13.8 Å². The molecule has 0 saturated heterocycles. The second kappa shape index (κ2) is 7.37. The van der Waals surface area contributed by atoms with Gasteiger partial charge in [-0.3, -0.25) is 10.1 Å². The van der Waals surface area contributed by atoms with Crippen LogP contribution in [-0.2, 0) is 10.0 Å². The van der Waals surface area contributed by atoms with Gasteiger partial charge in [0.25, 0.3) is 5.69 Å². The van der Waals surface area contributed by atoms with Crippen LogP contribution in [0.2, 0.25) is 0 Å². The van der Waals surface area contributed by atoms with Crippen LogP contribution in [0.1, 0.15) is 26.7 Å². The molecule has 1 aromatic carbocycles. The zero-order chi connectivity index (χ0) is 16.0. The van der Waals surface area contributed by atoms with Gasteiger partial charge in [0.05, 0.1) is 4.92 Å². The van der Waals surface area contributed by atoms with Crippen molar-refractivity contribution in [3.8, 4) is 0 Å². The van der Waals surface area contributed by atoms with E-state index in [1.165, 1.54) is 22.5 Å². The van der Waals surface area contributed by atoms with Crippen LogP contribution in [0.25, 0.3) is 0 Å². The number of nitrogens with one attached hydrogen (secondary N) is 1. The Morgan fingerprint density at radius 2 is 1.81 bits per heavy atom. The first-order chi connectivity index (χ1) is 9.88. The van der Waals surface area contributed by atoms with Crippen LogP contribution in [0.15, 0.2) is 23.1 Å². The Balaban J connectivity index is 3.42. The molecular formula is C13H21N3O4S. The maximum Gasteiger partial charge on any atom is 0.289 e. The quantitative estimate of drug-likeness (QED) is 0.587. The lowest BCUT2D eigenvalue weighted by molar-refractivity contribution is -0.387. The first-order valence-electron chi connectivity index (χ1n) is 6.84. The van der Waals surface area contributed by atoms with E-state index in [0.717, 1.165) is 0 Å². The minimum absolute atomic E-state index is 0.263. The number of sulfonamides is 1. The van der Waals surface area contributed by atoms with Gasteiger partial charge in [0.2, 0.25) is 10.0 Å². The number of rotatable bonds is 8. The molecule has 0 aliphatic heterocycles. The molecule has 0 radical (unpaired) electrons. The molecule has 0 saturated carbocycles. The molecule has 0 fully saturated rings. The van der Waals surface area contributed by atoms with Gasteiger partial charge in [0, 0.05) is 31.9 Å². The van der Waals surface area contributed by atoms with E-state index in [0.29, 0.717) is 31.6 Å². The molecule has 0 aliphatic rings. The number of nitro benzene ring substituents is 1. The van der Waals surface area contributed by atoms with Crippen molar-refractivity contribution in [3.05, 3.63) is 28.3 Å². The third-order valence-electron chi connectivity index (χ3n) is 3.01. The van der Waals surface area contributed by atoms with E-state index in [1.54, 1.807) is 7.05 Å². The Morgan fingerprint density at radius 1 is 1.24 bits per heavy atom. The van der Waals surface area contributed by atoms with Gasteiger partial charge < -0.3 is 5.32 Å². The summed E-state index contributed by atoms with van der Waals surface area (Å²) in [6.07, 6.45) is 1.30. The first kappa shape index (κ1) is 17.4. The number of hydrogen-bond donors (Lipinski definition) is 1. The lowest BCUT2D eigenvalue weighted by atomic mass is 10.3. The van der Waals surface area contributed by atoms with Crippen LogP contribution < -0.4 is 5.32 Å². The molecule has 8 heteroatoms. The Hall–Kier alpha value is -1.67. The zero-order valence-corrected chi connectivity index (χ0v) is 13.3. The highest BCUT2D eigenvalue weighted by Crippen LogP contribution is 2.29. The van der Waals surface area contributed by atoms with Crippen LogP contribution in [0, 0.1) is 10.1 Å². The van der Waals surface area contributed by atoms with Gasteiger partial charge in [0.15, 0.2) is 4.90 Å². The van der Waals surface area contributed by atoms with Crippen molar-refractivity contribution in [2.24, 2.45) is 0 Å². The first-order valence-corrected chi connectivity index (χ1v) is 8.28. The van der Waals surface area contributed by atoms with E-state index in [9.17, 15) is 18.5 Å². The monoisotopic (exact) mass is 315 g/mol. The Bertz CT molecular complexity index is 595. The third-order valence-corrected chi connectivity index (χ3v) is 4.94. The molecule has 118 valence electrons. The minimum Gasteiger partial charge on any atom is -0.388 e. The number of anilines is 1. The minimum atomic E-state index is -3.88. The maximum absolute atomic E-state index is 12.7. The van der Waals surface area contributed by atoms with Gasteiger partial charge in [-0.15, -0.1) is 0 Å². The molecule has 0 aliphatic carbocycles. The van der Waals surface area contributed by atoms with E-state index in [2.05, 4.69) is 5.32 Å². The van der Waals surface area contributed by atoms with Gasteiger partial charge in [0.1, 0.15) is 0 Å². The fourth-order valence-electron chi connectivity index (χ4n) is 2.02. The van der Waals surface area contributed by atoms with Crippen molar-refractivity contribution in [1.29, 1.82) is 0 Å². The number of benzene rings is 1. The molecular weight excluding hydrogens is 294 g/mol. The Kier molecular flexibility index (Phi) is 6.10. The molecule has 0 heterocycles. The average molecular weight is 315 g/mol. The smallest absolute Gasteiger partial charge is 0.289 e. The van der Waals surface area contributed by atoms with Crippen molar-refractivity contribution < 1.29 is 13.3 Å². The Labute approximate surface area is 125 Å². The molecule has 0 amide bonds. The maximum atomic E-state index is 12.7. The SMILES string of the molecule is CCCN(CCC)S(=O)(=O)c1cc(NC)ccc1[N+](=O)[O-]. The highest BCUT2D eigenvalue weighted by molar-refractivity contribution is 7.89. The largest absolute Gasteiger partial charge is 0.388 e.